The zero-order valence-electron chi connectivity index (χ0n) is 17.0. The second kappa shape index (κ2) is 11.1. The first-order chi connectivity index (χ1) is 13.7. The smallest absolute Gasteiger partial charge is 0.193 e. The van der Waals surface area contributed by atoms with Gasteiger partial charge in [0.25, 0.3) is 0 Å². The summed E-state index contributed by atoms with van der Waals surface area (Å²) in [5.41, 5.74) is 0. The Kier molecular flexibility index (Phi) is 8.18. The molecule has 1 saturated heterocycles. The minimum Gasteiger partial charge on any atom is -0.492 e. The Morgan fingerprint density at radius 2 is 2.00 bits per heavy atom. The van der Waals surface area contributed by atoms with Crippen LogP contribution in [0.4, 0.5) is 0 Å². The highest BCUT2D eigenvalue weighted by molar-refractivity contribution is 7.09. The van der Waals surface area contributed by atoms with Crippen molar-refractivity contribution in [2.24, 2.45) is 10.9 Å². The molecule has 0 spiro atoms. The number of rotatable bonds is 8. The summed E-state index contributed by atoms with van der Waals surface area (Å²) in [7, 11) is 3.91. The molecule has 5 nitrogen and oxygen atoms in total. The molecule has 0 radical (unpaired) electrons. The average Bonchev–Trinajstić information content (AvgIpc) is 3.23. The summed E-state index contributed by atoms with van der Waals surface area (Å²) in [5.74, 6) is 2.57. The molecular weight excluding hydrogens is 368 g/mol. The molecule has 152 valence electrons. The van der Waals surface area contributed by atoms with Crippen molar-refractivity contribution in [1.29, 1.82) is 0 Å². The van der Waals surface area contributed by atoms with Gasteiger partial charge in [0, 0.05) is 32.1 Å². The fourth-order valence-corrected chi connectivity index (χ4v) is 4.26. The van der Waals surface area contributed by atoms with Gasteiger partial charge in [0.05, 0.1) is 6.54 Å². The minimum absolute atomic E-state index is 0.641. The lowest BCUT2D eigenvalue weighted by Gasteiger charge is -2.32. The van der Waals surface area contributed by atoms with Crippen LogP contribution in [0.5, 0.6) is 5.75 Å². The number of benzene rings is 1. The Hall–Kier alpha value is -2.05. The van der Waals surface area contributed by atoms with Crippen LogP contribution in [0.25, 0.3) is 0 Å². The van der Waals surface area contributed by atoms with Crippen molar-refractivity contribution in [3.63, 3.8) is 0 Å². The first-order valence-corrected chi connectivity index (χ1v) is 11.0. The van der Waals surface area contributed by atoms with E-state index in [1.807, 2.05) is 48.7 Å². The molecule has 0 saturated carbocycles. The fraction of sp³-hybridized carbons (Fsp3) is 0.500. The van der Waals surface area contributed by atoms with Crippen molar-refractivity contribution in [2.45, 2.75) is 19.4 Å². The summed E-state index contributed by atoms with van der Waals surface area (Å²) in [5, 5.41) is 5.72. The Balaban J connectivity index is 1.33. The summed E-state index contributed by atoms with van der Waals surface area (Å²) in [6.45, 7) is 5.90. The zero-order valence-corrected chi connectivity index (χ0v) is 17.8. The van der Waals surface area contributed by atoms with Crippen LogP contribution in [0.3, 0.4) is 0 Å². The summed E-state index contributed by atoms with van der Waals surface area (Å²) in [6.07, 6.45) is 2.49. The molecule has 1 N–H and O–H groups in total. The molecule has 6 heteroatoms. The third-order valence-corrected chi connectivity index (χ3v) is 6.09. The number of hydrogen-bond donors (Lipinski definition) is 1. The lowest BCUT2D eigenvalue weighted by molar-refractivity contribution is 0.179. The molecule has 1 aromatic carbocycles. The lowest BCUT2D eigenvalue weighted by atomic mass is 9.97. The van der Waals surface area contributed by atoms with Gasteiger partial charge in [0.15, 0.2) is 5.96 Å². The van der Waals surface area contributed by atoms with Gasteiger partial charge in [-0.1, -0.05) is 24.3 Å². The molecule has 1 aromatic heterocycles. The van der Waals surface area contributed by atoms with Gasteiger partial charge in [-0.2, -0.15) is 0 Å². The fourth-order valence-electron chi connectivity index (χ4n) is 3.52. The summed E-state index contributed by atoms with van der Waals surface area (Å²) >= 11 is 1.86. The Morgan fingerprint density at radius 3 is 2.68 bits per heavy atom. The summed E-state index contributed by atoms with van der Waals surface area (Å²) in [6, 6.07) is 14.3. The highest BCUT2D eigenvalue weighted by Gasteiger charge is 2.20. The highest BCUT2D eigenvalue weighted by atomic mass is 32.1. The van der Waals surface area contributed by atoms with Crippen LogP contribution in [0.1, 0.15) is 17.7 Å². The standard InChI is InChI=1S/C22H32N4OS/c1-23-22(25(2)14-15-27-20-7-4-3-5-8-20)24-17-19-10-12-26(13-11-19)18-21-9-6-16-28-21/h3-9,16,19H,10-15,17-18H2,1-2H3,(H,23,24). The predicted octanol–water partition coefficient (Wildman–Crippen LogP) is 3.55. The number of aliphatic imine (C=N–C) groups is 1. The molecule has 1 aliphatic heterocycles. The maximum atomic E-state index is 5.79. The first-order valence-electron chi connectivity index (χ1n) is 10.1. The molecule has 28 heavy (non-hydrogen) atoms. The number of nitrogens with one attached hydrogen (secondary N) is 1. The number of likely N-dealkylation sites (tertiary alicyclic amines) is 1. The van der Waals surface area contributed by atoms with Crippen LogP contribution >= 0.6 is 11.3 Å². The number of para-hydroxylation sites is 1. The molecule has 0 amide bonds. The number of thiophene rings is 1. The van der Waals surface area contributed by atoms with Crippen molar-refractivity contribution in [1.82, 2.24) is 15.1 Å². The molecule has 0 bridgehead atoms. The molecule has 0 unspecified atom stereocenters. The van der Waals surface area contributed by atoms with Gasteiger partial charge < -0.3 is 15.0 Å². The van der Waals surface area contributed by atoms with Crippen LogP contribution in [0, 0.1) is 5.92 Å². The zero-order chi connectivity index (χ0) is 19.6. The van der Waals surface area contributed by atoms with Crippen molar-refractivity contribution in [3.8, 4) is 5.75 Å². The van der Waals surface area contributed by atoms with E-state index >= 15 is 0 Å². The van der Waals surface area contributed by atoms with E-state index in [2.05, 4.69) is 44.7 Å². The largest absolute Gasteiger partial charge is 0.492 e. The third kappa shape index (κ3) is 6.53. The van der Waals surface area contributed by atoms with Crippen molar-refractivity contribution in [2.75, 3.05) is 46.9 Å². The van der Waals surface area contributed by atoms with Gasteiger partial charge in [-0.05, 0) is 55.4 Å². The second-order valence-corrected chi connectivity index (χ2v) is 8.34. The Morgan fingerprint density at radius 1 is 1.21 bits per heavy atom. The van der Waals surface area contributed by atoms with E-state index < -0.39 is 0 Å². The first kappa shape index (κ1) is 20.7. The van der Waals surface area contributed by atoms with E-state index in [1.54, 1.807) is 0 Å². The van der Waals surface area contributed by atoms with E-state index in [9.17, 15) is 0 Å². The molecule has 0 aliphatic carbocycles. The monoisotopic (exact) mass is 400 g/mol. The van der Waals surface area contributed by atoms with Crippen LogP contribution < -0.4 is 10.1 Å². The molecule has 3 rings (SSSR count). The Bertz CT molecular complexity index is 697. The minimum atomic E-state index is 0.641. The molecule has 1 aliphatic rings. The van der Waals surface area contributed by atoms with Gasteiger partial charge in [0.2, 0.25) is 0 Å². The summed E-state index contributed by atoms with van der Waals surface area (Å²) in [4.78, 5) is 10.6. The quantitative estimate of drug-likeness (QED) is 0.543. The maximum absolute atomic E-state index is 5.79. The van der Waals surface area contributed by atoms with E-state index in [-0.39, 0.29) is 0 Å². The van der Waals surface area contributed by atoms with Gasteiger partial charge in [-0.25, -0.2) is 0 Å². The van der Waals surface area contributed by atoms with Gasteiger partial charge in [-0.15, -0.1) is 11.3 Å². The van der Waals surface area contributed by atoms with Crippen molar-refractivity contribution >= 4 is 17.3 Å². The number of hydrogen-bond acceptors (Lipinski definition) is 4. The van der Waals surface area contributed by atoms with Gasteiger partial charge >= 0.3 is 0 Å². The van der Waals surface area contributed by atoms with Crippen LogP contribution in [-0.2, 0) is 6.54 Å². The molecule has 0 atom stereocenters. The topological polar surface area (TPSA) is 40.1 Å². The lowest BCUT2D eigenvalue weighted by Crippen LogP contribution is -2.44. The van der Waals surface area contributed by atoms with Crippen molar-refractivity contribution in [3.05, 3.63) is 52.7 Å². The van der Waals surface area contributed by atoms with Crippen molar-refractivity contribution < 1.29 is 4.74 Å². The van der Waals surface area contributed by atoms with Gasteiger partial charge in [-0.3, -0.25) is 9.89 Å². The predicted molar refractivity (Wildman–Crippen MR) is 118 cm³/mol. The number of piperidine rings is 1. The number of ether oxygens (including phenoxy) is 1. The number of nitrogens with zero attached hydrogens (tertiary/aromatic N) is 3. The number of likely N-dealkylation sites (N-methyl/N-ethyl adjacent to an activating group) is 1. The SMILES string of the molecule is CN=C(NCC1CCN(Cc2cccs2)CC1)N(C)CCOc1ccccc1. The normalized spacial score (nSPS) is 16.1. The molecule has 2 heterocycles. The second-order valence-electron chi connectivity index (χ2n) is 7.31. The molecule has 2 aromatic rings. The van der Waals surface area contributed by atoms with Crippen LogP contribution in [-0.4, -0.2) is 62.6 Å². The van der Waals surface area contributed by atoms with E-state index in [4.69, 9.17) is 4.74 Å². The number of guanidine groups is 1. The Labute approximate surface area is 173 Å². The van der Waals surface area contributed by atoms with E-state index in [0.29, 0.717) is 12.5 Å². The maximum Gasteiger partial charge on any atom is 0.193 e. The third-order valence-electron chi connectivity index (χ3n) is 5.23. The van der Waals surface area contributed by atoms with E-state index in [1.165, 1.54) is 30.8 Å². The van der Waals surface area contributed by atoms with Gasteiger partial charge in [0.1, 0.15) is 12.4 Å². The average molecular weight is 401 g/mol. The van der Waals surface area contributed by atoms with E-state index in [0.717, 1.165) is 31.3 Å². The van der Waals surface area contributed by atoms with Crippen LogP contribution in [0.2, 0.25) is 0 Å². The molecular formula is C22H32N4OS. The molecule has 1 fully saturated rings. The summed E-state index contributed by atoms with van der Waals surface area (Å²) < 4.78 is 5.79. The van der Waals surface area contributed by atoms with Crippen LogP contribution in [0.15, 0.2) is 52.8 Å². The highest BCUT2D eigenvalue weighted by Crippen LogP contribution is 2.20.